The zero-order valence-electron chi connectivity index (χ0n) is 13.7. The summed E-state index contributed by atoms with van der Waals surface area (Å²) in [5.74, 6) is 1.75. The van der Waals surface area contributed by atoms with Gasteiger partial charge >= 0.3 is 0 Å². The molecular formula is C15H22N6O2. The fourth-order valence-electron chi connectivity index (χ4n) is 2.83. The van der Waals surface area contributed by atoms with E-state index in [1.165, 1.54) is 6.33 Å². The summed E-state index contributed by atoms with van der Waals surface area (Å²) in [6.07, 6.45) is 4.91. The van der Waals surface area contributed by atoms with Crippen LogP contribution in [0, 0.1) is 0 Å². The van der Waals surface area contributed by atoms with E-state index >= 15 is 0 Å². The molecule has 3 heterocycles. The van der Waals surface area contributed by atoms with Crippen LogP contribution in [-0.4, -0.2) is 48.8 Å². The first-order valence-electron chi connectivity index (χ1n) is 8.02. The normalized spacial score (nSPS) is 20.0. The number of piperidine rings is 1. The van der Waals surface area contributed by atoms with Gasteiger partial charge in [0.1, 0.15) is 18.7 Å². The van der Waals surface area contributed by atoms with E-state index in [-0.39, 0.29) is 23.8 Å². The maximum Gasteiger partial charge on any atom is 0.247 e. The molecule has 124 valence electrons. The van der Waals surface area contributed by atoms with Crippen molar-refractivity contribution in [1.82, 2.24) is 29.8 Å². The van der Waals surface area contributed by atoms with Gasteiger partial charge in [-0.3, -0.25) is 4.79 Å². The molecule has 1 aliphatic rings. The van der Waals surface area contributed by atoms with Crippen LogP contribution in [-0.2, 0) is 4.79 Å². The fraction of sp³-hybridized carbons (Fsp3) is 0.667. The molecule has 1 aliphatic heterocycles. The number of nitrogens with zero attached hydrogens (tertiary/aromatic N) is 6. The second kappa shape index (κ2) is 6.47. The van der Waals surface area contributed by atoms with Gasteiger partial charge in [-0.15, -0.1) is 0 Å². The molecular weight excluding hydrogens is 296 g/mol. The summed E-state index contributed by atoms with van der Waals surface area (Å²) >= 11 is 0. The van der Waals surface area contributed by atoms with Crippen LogP contribution in [0.5, 0.6) is 0 Å². The van der Waals surface area contributed by atoms with Crippen LogP contribution < -0.4 is 0 Å². The lowest BCUT2D eigenvalue weighted by molar-refractivity contribution is -0.135. The number of carbonyl (C=O) groups excluding carboxylic acids is 1. The first-order valence-corrected chi connectivity index (χ1v) is 8.02. The van der Waals surface area contributed by atoms with E-state index in [9.17, 15) is 4.79 Å². The summed E-state index contributed by atoms with van der Waals surface area (Å²) in [4.78, 5) is 22.9. The molecule has 1 fully saturated rings. The van der Waals surface area contributed by atoms with E-state index in [2.05, 4.69) is 20.2 Å². The van der Waals surface area contributed by atoms with Crippen LogP contribution in [0.25, 0.3) is 0 Å². The third kappa shape index (κ3) is 3.25. The van der Waals surface area contributed by atoms with Crippen molar-refractivity contribution in [2.45, 2.75) is 51.5 Å². The molecule has 2 aromatic rings. The Morgan fingerprint density at radius 3 is 2.87 bits per heavy atom. The molecule has 2 atom stereocenters. The second-order valence-electron chi connectivity index (χ2n) is 6.32. The van der Waals surface area contributed by atoms with Crippen LogP contribution in [0.15, 0.2) is 17.2 Å². The molecule has 1 saturated heterocycles. The minimum absolute atomic E-state index is 0.0489. The Kier molecular flexibility index (Phi) is 4.40. The number of amides is 1. The van der Waals surface area contributed by atoms with E-state index in [4.69, 9.17) is 4.52 Å². The van der Waals surface area contributed by atoms with Crippen LogP contribution in [0.4, 0.5) is 0 Å². The van der Waals surface area contributed by atoms with Gasteiger partial charge in [0.05, 0.1) is 0 Å². The molecule has 2 unspecified atom stereocenters. The first-order chi connectivity index (χ1) is 11.1. The lowest BCUT2D eigenvalue weighted by Gasteiger charge is -2.33. The maximum absolute atomic E-state index is 12.7. The minimum atomic E-state index is -0.354. The van der Waals surface area contributed by atoms with Crippen molar-refractivity contribution in [1.29, 1.82) is 0 Å². The largest absolute Gasteiger partial charge is 0.340 e. The zero-order chi connectivity index (χ0) is 16.4. The van der Waals surface area contributed by atoms with E-state index < -0.39 is 0 Å². The topological polar surface area (TPSA) is 89.9 Å². The molecule has 1 amide bonds. The van der Waals surface area contributed by atoms with Crippen molar-refractivity contribution in [3.8, 4) is 0 Å². The first kappa shape index (κ1) is 15.6. The number of likely N-dealkylation sites (tertiary alicyclic amines) is 1. The molecule has 8 nitrogen and oxygen atoms in total. The molecule has 0 bridgehead atoms. The predicted octanol–water partition coefficient (Wildman–Crippen LogP) is 1.75. The quantitative estimate of drug-likeness (QED) is 0.853. The Morgan fingerprint density at radius 2 is 2.22 bits per heavy atom. The van der Waals surface area contributed by atoms with Crippen molar-refractivity contribution in [2.24, 2.45) is 0 Å². The average Bonchev–Trinajstić information content (AvgIpc) is 3.25. The summed E-state index contributed by atoms with van der Waals surface area (Å²) in [5.41, 5.74) is 0. The SMILES string of the molecule is CC(C)c1nc(C2CCCN(C(=O)C(C)n3cncn3)C2)no1. The fourth-order valence-corrected chi connectivity index (χ4v) is 2.83. The average molecular weight is 318 g/mol. The molecule has 0 N–H and O–H groups in total. The molecule has 8 heteroatoms. The molecule has 0 radical (unpaired) electrons. The molecule has 0 aliphatic carbocycles. The van der Waals surface area contributed by atoms with Crippen LogP contribution in [0.1, 0.15) is 63.2 Å². The highest BCUT2D eigenvalue weighted by molar-refractivity contribution is 5.80. The number of hydrogen-bond acceptors (Lipinski definition) is 6. The van der Waals surface area contributed by atoms with Gasteiger partial charge in [0.15, 0.2) is 5.82 Å². The van der Waals surface area contributed by atoms with Gasteiger partial charge in [-0.25, -0.2) is 9.67 Å². The second-order valence-corrected chi connectivity index (χ2v) is 6.32. The molecule has 0 saturated carbocycles. The molecule has 3 rings (SSSR count). The van der Waals surface area contributed by atoms with E-state index in [1.807, 2.05) is 25.7 Å². The Morgan fingerprint density at radius 1 is 1.39 bits per heavy atom. The highest BCUT2D eigenvalue weighted by atomic mass is 16.5. The van der Waals surface area contributed by atoms with E-state index in [1.54, 1.807) is 11.0 Å². The van der Waals surface area contributed by atoms with Gasteiger partial charge in [-0.2, -0.15) is 10.1 Å². The van der Waals surface area contributed by atoms with Gasteiger partial charge in [0.2, 0.25) is 11.8 Å². The summed E-state index contributed by atoms with van der Waals surface area (Å²) in [6.45, 7) is 7.26. The van der Waals surface area contributed by atoms with Crippen LogP contribution >= 0.6 is 0 Å². The zero-order valence-corrected chi connectivity index (χ0v) is 13.7. The summed E-state index contributed by atoms with van der Waals surface area (Å²) in [6, 6.07) is -0.354. The van der Waals surface area contributed by atoms with Crippen molar-refractivity contribution in [3.05, 3.63) is 24.4 Å². The van der Waals surface area contributed by atoms with Crippen LogP contribution in [0.2, 0.25) is 0 Å². The highest BCUT2D eigenvalue weighted by Crippen LogP contribution is 2.27. The van der Waals surface area contributed by atoms with Crippen LogP contribution in [0.3, 0.4) is 0 Å². The molecule has 0 spiro atoms. The highest BCUT2D eigenvalue weighted by Gasteiger charge is 2.31. The van der Waals surface area contributed by atoms with Gasteiger partial charge in [0, 0.05) is 24.9 Å². The molecule has 23 heavy (non-hydrogen) atoms. The minimum Gasteiger partial charge on any atom is -0.340 e. The molecule has 2 aromatic heterocycles. The summed E-state index contributed by atoms with van der Waals surface area (Å²) < 4.78 is 6.87. The summed E-state index contributed by atoms with van der Waals surface area (Å²) in [5, 5.41) is 8.15. The van der Waals surface area contributed by atoms with Crippen molar-refractivity contribution >= 4 is 5.91 Å². The Hall–Kier alpha value is -2.25. The van der Waals surface area contributed by atoms with E-state index in [0.29, 0.717) is 18.3 Å². The lowest BCUT2D eigenvalue weighted by Crippen LogP contribution is -2.42. The van der Waals surface area contributed by atoms with Crippen molar-refractivity contribution < 1.29 is 9.32 Å². The number of aromatic nitrogens is 5. The van der Waals surface area contributed by atoms with Crippen molar-refractivity contribution in [2.75, 3.05) is 13.1 Å². The van der Waals surface area contributed by atoms with Gasteiger partial charge < -0.3 is 9.42 Å². The monoisotopic (exact) mass is 318 g/mol. The standard InChI is InChI=1S/C15H22N6O2/c1-10(2)14-18-13(19-23-14)12-5-4-6-20(7-12)15(22)11(3)21-9-16-8-17-21/h8-12H,4-7H2,1-3H3. The Bertz CT molecular complexity index is 651. The number of carbonyl (C=O) groups is 1. The lowest BCUT2D eigenvalue weighted by atomic mass is 9.97. The van der Waals surface area contributed by atoms with Crippen molar-refractivity contribution in [3.63, 3.8) is 0 Å². The Balaban J connectivity index is 1.69. The van der Waals surface area contributed by atoms with Gasteiger partial charge in [-0.05, 0) is 19.8 Å². The predicted molar refractivity (Wildman–Crippen MR) is 81.7 cm³/mol. The number of hydrogen-bond donors (Lipinski definition) is 0. The van der Waals surface area contributed by atoms with Gasteiger partial charge in [0.25, 0.3) is 0 Å². The van der Waals surface area contributed by atoms with E-state index in [0.717, 1.165) is 19.4 Å². The Labute approximate surface area is 134 Å². The third-order valence-corrected chi connectivity index (χ3v) is 4.24. The number of rotatable bonds is 4. The molecule has 0 aromatic carbocycles. The third-order valence-electron chi connectivity index (χ3n) is 4.24. The van der Waals surface area contributed by atoms with Gasteiger partial charge in [-0.1, -0.05) is 19.0 Å². The maximum atomic E-state index is 12.7. The smallest absolute Gasteiger partial charge is 0.247 e. The summed E-state index contributed by atoms with van der Waals surface area (Å²) in [7, 11) is 0.